The SMILES string of the molecule is O=C(O)[C@@H]1CCCCN1C(=O)Nc1cccc(Cl)c1. The number of halogens is 1. The van der Waals surface area contributed by atoms with Crippen LogP contribution in [0.5, 0.6) is 0 Å². The number of benzene rings is 1. The third-order valence-corrected chi connectivity index (χ3v) is 3.36. The van der Waals surface area contributed by atoms with Gasteiger partial charge in [0.05, 0.1) is 0 Å². The highest BCUT2D eigenvalue weighted by molar-refractivity contribution is 6.30. The maximum atomic E-state index is 12.1. The molecule has 0 aromatic heterocycles. The number of hydrogen-bond donors (Lipinski definition) is 2. The van der Waals surface area contributed by atoms with Gasteiger partial charge in [0.15, 0.2) is 0 Å². The quantitative estimate of drug-likeness (QED) is 0.876. The maximum absolute atomic E-state index is 12.1. The molecule has 1 atom stereocenters. The Kier molecular flexibility index (Phi) is 4.27. The Balaban J connectivity index is 2.07. The summed E-state index contributed by atoms with van der Waals surface area (Å²) in [6.07, 6.45) is 2.16. The number of amides is 2. The average molecular weight is 283 g/mol. The Hall–Kier alpha value is -1.75. The van der Waals surface area contributed by atoms with Gasteiger partial charge in [-0.2, -0.15) is 0 Å². The van der Waals surface area contributed by atoms with E-state index in [1.165, 1.54) is 4.90 Å². The molecule has 2 rings (SSSR count). The molecule has 5 nitrogen and oxygen atoms in total. The molecule has 1 saturated heterocycles. The summed E-state index contributed by atoms with van der Waals surface area (Å²) >= 11 is 5.83. The molecule has 0 aliphatic carbocycles. The van der Waals surface area contributed by atoms with Crippen molar-refractivity contribution in [2.75, 3.05) is 11.9 Å². The van der Waals surface area contributed by atoms with E-state index in [1.54, 1.807) is 24.3 Å². The van der Waals surface area contributed by atoms with Gasteiger partial charge in [-0.05, 0) is 37.5 Å². The standard InChI is InChI=1S/C13H15ClN2O3/c14-9-4-3-5-10(8-9)15-13(19)16-7-2-1-6-11(16)12(17)18/h3-5,8,11H,1-2,6-7H2,(H,15,19)(H,17,18)/t11-/m0/s1. The molecule has 1 aliphatic rings. The third kappa shape index (κ3) is 3.38. The number of piperidine rings is 1. The van der Waals surface area contributed by atoms with Crippen molar-refractivity contribution >= 4 is 29.3 Å². The fourth-order valence-electron chi connectivity index (χ4n) is 2.19. The molecule has 1 heterocycles. The molecule has 6 heteroatoms. The van der Waals surface area contributed by atoms with E-state index in [9.17, 15) is 9.59 Å². The number of urea groups is 1. The van der Waals surface area contributed by atoms with Gasteiger partial charge in [0.1, 0.15) is 6.04 Å². The number of anilines is 1. The molecule has 0 spiro atoms. The number of carboxylic acids is 1. The normalized spacial score (nSPS) is 19.0. The number of rotatable bonds is 2. The number of nitrogens with one attached hydrogen (secondary N) is 1. The smallest absolute Gasteiger partial charge is 0.326 e. The molecule has 0 radical (unpaired) electrons. The molecule has 1 fully saturated rings. The van der Waals surface area contributed by atoms with E-state index < -0.39 is 18.0 Å². The Labute approximate surface area is 116 Å². The van der Waals surface area contributed by atoms with Gasteiger partial charge in [0, 0.05) is 17.3 Å². The highest BCUT2D eigenvalue weighted by Crippen LogP contribution is 2.20. The second-order valence-corrected chi connectivity index (χ2v) is 4.92. The van der Waals surface area contributed by atoms with Gasteiger partial charge in [0.25, 0.3) is 0 Å². The van der Waals surface area contributed by atoms with E-state index in [4.69, 9.17) is 16.7 Å². The first kappa shape index (κ1) is 13.7. The van der Waals surface area contributed by atoms with Crippen molar-refractivity contribution in [2.24, 2.45) is 0 Å². The zero-order valence-electron chi connectivity index (χ0n) is 10.3. The summed E-state index contributed by atoms with van der Waals surface area (Å²) in [5, 5.41) is 12.3. The fourth-order valence-corrected chi connectivity index (χ4v) is 2.38. The average Bonchev–Trinajstić information content (AvgIpc) is 2.38. The number of nitrogens with zero attached hydrogens (tertiary/aromatic N) is 1. The van der Waals surface area contributed by atoms with Crippen LogP contribution < -0.4 is 5.32 Å². The predicted molar refractivity (Wildman–Crippen MR) is 72.5 cm³/mol. The van der Waals surface area contributed by atoms with Crippen molar-refractivity contribution in [3.8, 4) is 0 Å². The van der Waals surface area contributed by atoms with Gasteiger partial charge < -0.3 is 15.3 Å². The van der Waals surface area contributed by atoms with Crippen molar-refractivity contribution in [1.82, 2.24) is 4.90 Å². The number of carbonyl (C=O) groups is 2. The Morgan fingerprint density at radius 2 is 2.16 bits per heavy atom. The van der Waals surface area contributed by atoms with Crippen LogP contribution in [-0.4, -0.2) is 34.6 Å². The lowest BCUT2D eigenvalue weighted by molar-refractivity contribution is -0.143. The topological polar surface area (TPSA) is 69.6 Å². The van der Waals surface area contributed by atoms with E-state index >= 15 is 0 Å². The highest BCUT2D eigenvalue weighted by Gasteiger charge is 2.31. The summed E-state index contributed by atoms with van der Waals surface area (Å²) in [4.78, 5) is 24.6. The molecule has 0 unspecified atom stereocenters. The summed E-state index contributed by atoms with van der Waals surface area (Å²) < 4.78 is 0. The van der Waals surface area contributed by atoms with Crippen LogP contribution in [0.3, 0.4) is 0 Å². The van der Waals surface area contributed by atoms with Crippen LogP contribution in [0.15, 0.2) is 24.3 Å². The van der Waals surface area contributed by atoms with Crippen LogP contribution >= 0.6 is 11.6 Å². The second-order valence-electron chi connectivity index (χ2n) is 4.48. The molecule has 2 N–H and O–H groups in total. The Bertz CT molecular complexity index is 493. The van der Waals surface area contributed by atoms with Gasteiger partial charge in [-0.1, -0.05) is 17.7 Å². The van der Waals surface area contributed by atoms with Crippen molar-refractivity contribution in [3.63, 3.8) is 0 Å². The minimum Gasteiger partial charge on any atom is -0.480 e. The number of hydrogen-bond acceptors (Lipinski definition) is 2. The van der Waals surface area contributed by atoms with E-state index in [0.29, 0.717) is 23.7 Å². The highest BCUT2D eigenvalue weighted by atomic mass is 35.5. The number of aliphatic carboxylic acids is 1. The first-order chi connectivity index (χ1) is 9.08. The fraction of sp³-hybridized carbons (Fsp3) is 0.385. The molecule has 1 aromatic rings. The summed E-state index contributed by atoms with van der Waals surface area (Å²) in [6, 6.07) is 5.63. The predicted octanol–water partition coefficient (Wildman–Crippen LogP) is 2.81. The van der Waals surface area contributed by atoms with Crippen molar-refractivity contribution in [2.45, 2.75) is 25.3 Å². The zero-order valence-corrected chi connectivity index (χ0v) is 11.1. The first-order valence-corrected chi connectivity index (χ1v) is 6.52. The van der Waals surface area contributed by atoms with Crippen LogP contribution in [0.2, 0.25) is 5.02 Å². The summed E-state index contributed by atoms with van der Waals surface area (Å²) in [5.41, 5.74) is 0.562. The number of carboxylic acid groups (broad SMARTS) is 1. The lowest BCUT2D eigenvalue weighted by atomic mass is 10.0. The minimum atomic E-state index is -0.957. The van der Waals surface area contributed by atoms with E-state index in [1.807, 2.05) is 0 Å². The molecule has 19 heavy (non-hydrogen) atoms. The summed E-state index contributed by atoms with van der Waals surface area (Å²) in [7, 11) is 0. The van der Waals surface area contributed by atoms with Gasteiger partial charge in [-0.15, -0.1) is 0 Å². The van der Waals surface area contributed by atoms with Crippen molar-refractivity contribution < 1.29 is 14.7 Å². The van der Waals surface area contributed by atoms with Crippen LogP contribution in [0, 0.1) is 0 Å². The molecular formula is C13H15ClN2O3. The maximum Gasteiger partial charge on any atom is 0.326 e. The summed E-state index contributed by atoms with van der Waals surface area (Å²) in [5.74, 6) is -0.957. The Morgan fingerprint density at radius 1 is 1.37 bits per heavy atom. The molecule has 1 aliphatic heterocycles. The van der Waals surface area contributed by atoms with Crippen LogP contribution in [-0.2, 0) is 4.79 Å². The number of carbonyl (C=O) groups excluding carboxylic acids is 1. The molecule has 1 aromatic carbocycles. The minimum absolute atomic E-state index is 0.394. The molecule has 0 bridgehead atoms. The third-order valence-electron chi connectivity index (χ3n) is 3.12. The van der Waals surface area contributed by atoms with Gasteiger partial charge in [-0.3, -0.25) is 0 Å². The Morgan fingerprint density at radius 3 is 2.84 bits per heavy atom. The van der Waals surface area contributed by atoms with Crippen LogP contribution in [0.4, 0.5) is 10.5 Å². The van der Waals surface area contributed by atoms with E-state index in [0.717, 1.165) is 12.8 Å². The molecule has 2 amide bonds. The largest absolute Gasteiger partial charge is 0.480 e. The van der Waals surface area contributed by atoms with Crippen LogP contribution in [0.25, 0.3) is 0 Å². The number of likely N-dealkylation sites (tertiary alicyclic amines) is 1. The van der Waals surface area contributed by atoms with Gasteiger partial charge in [-0.25, -0.2) is 9.59 Å². The zero-order chi connectivity index (χ0) is 13.8. The lowest BCUT2D eigenvalue weighted by Crippen LogP contribution is -2.49. The molecular weight excluding hydrogens is 268 g/mol. The van der Waals surface area contributed by atoms with E-state index in [2.05, 4.69) is 5.32 Å². The second kappa shape index (κ2) is 5.93. The van der Waals surface area contributed by atoms with Gasteiger partial charge in [0.2, 0.25) is 0 Å². The summed E-state index contributed by atoms with van der Waals surface area (Å²) in [6.45, 7) is 0.462. The lowest BCUT2D eigenvalue weighted by Gasteiger charge is -2.32. The van der Waals surface area contributed by atoms with Gasteiger partial charge >= 0.3 is 12.0 Å². The van der Waals surface area contributed by atoms with Crippen molar-refractivity contribution in [3.05, 3.63) is 29.3 Å². The molecule has 0 saturated carbocycles. The first-order valence-electron chi connectivity index (χ1n) is 6.14. The monoisotopic (exact) mass is 282 g/mol. The molecule has 102 valence electrons. The van der Waals surface area contributed by atoms with E-state index in [-0.39, 0.29) is 0 Å². The van der Waals surface area contributed by atoms with Crippen LogP contribution in [0.1, 0.15) is 19.3 Å². The van der Waals surface area contributed by atoms with Crippen molar-refractivity contribution in [1.29, 1.82) is 0 Å².